The summed E-state index contributed by atoms with van der Waals surface area (Å²) in [6.45, 7) is 10.8. The maximum absolute atomic E-state index is 12.0. The van der Waals surface area contributed by atoms with Crippen LogP contribution in [0.2, 0.25) is 0 Å². The summed E-state index contributed by atoms with van der Waals surface area (Å²) in [7, 11) is 3.37. The molecule has 3 N–H and O–H groups in total. The molecule has 27 heavy (non-hydrogen) atoms. The number of hydrogen-bond donors (Lipinski definition) is 3. The Hall–Kier alpha value is -2.44. The molecular formula is C20H34N4O3. The van der Waals surface area contributed by atoms with Gasteiger partial charge in [-0.15, -0.1) is 0 Å². The Morgan fingerprint density at radius 2 is 1.78 bits per heavy atom. The number of guanidine groups is 1. The Morgan fingerprint density at radius 3 is 2.26 bits per heavy atom. The molecule has 1 atom stereocenters. The van der Waals surface area contributed by atoms with Gasteiger partial charge in [0.05, 0.1) is 13.2 Å². The first kappa shape index (κ1) is 22.6. The molecule has 0 aromatic heterocycles. The third-order valence-electron chi connectivity index (χ3n) is 3.84. The molecule has 0 fully saturated rings. The third-order valence-corrected chi connectivity index (χ3v) is 3.84. The van der Waals surface area contributed by atoms with Crippen LogP contribution in [0.15, 0.2) is 29.3 Å². The van der Waals surface area contributed by atoms with E-state index in [9.17, 15) is 4.79 Å². The van der Waals surface area contributed by atoms with Gasteiger partial charge in [0.15, 0.2) is 5.96 Å². The van der Waals surface area contributed by atoms with Crippen molar-refractivity contribution in [2.24, 2.45) is 10.9 Å². The molecule has 0 heterocycles. The minimum atomic E-state index is -0.519. The van der Waals surface area contributed by atoms with Crippen molar-refractivity contribution in [2.45, 2.75) is 52.8 Å². The van der Waals surface area contributed by atoms with Crippen molar-refractivity contribution in [1.82, 2.24) is 16.0 Å². The molecule has 0 aliphatic rings. The van der Waals surface area contributed by atoms with Crippen molar-refractivity contribution in [2.75, 3.05) is 20.7 Å². The smallest absolute Gasteiger partial charge is 0.407 e. The summed E-state index contributed by atoms with van der Waals surface area (Å²) in [4.78, 5) is 16.3. The number of amides is 1. The normalized spacial score (nSPS) is 13.1. The summed E-state index contributed by atoms with van der Waals surface area (Å²) in [5.41, 5.74) is 0.598. The second-order valence-corrected chi connectivity index (χ2v) is 7.65. The third kappa shape index (κ3) is 9.17. The first-order chi connectivity index (χ1) is 12.6. The van der Waals surface area contributed by atoms with Crippen LogP contribution in [0.5, 0.6) is 5.75 Å². The predicted octanol–water partition coefficient (Wildman–Crippen LogP) is 2.91. The van der Waals surface area contributed by atoms with Crippen LogP contribution in [-0.2, 0) is 11.3 Å². The highest BCUT2D eigenvalue weighted by Gasteiger charge is 2.21. The fourth-order valence-electron chi connectivity index (χ4n) is 2.27. The monoisotopic (exact) mass is 378 g/mol. The lowest BCUT2D eigenvalue weighted by Gasteiger charge is -2.26. The Labute approximate surface area is 162 Å². The van der Waals surface area contributed by atoms with Crippen LogP contribution in [-0.4, -0.2) is 44.4 Å². The van der Waals surface area contributed by atoms with Gasteiger partial charge in [0, 0.05) is 20.1 Å². The van der Waals surface area contributed by atoms with Gasteiger partial charge >= 0.3 is 6.09 Å². The van der Waals surface area contributed by atoms with Gasteiger partial charge in [-0.1, -0.05) is 26.0 Å². The van der Waals surface area contributed by atoms with Gasteiger partial charge in [0.2, 0.25) is 0 Å². The quantitative estimate of drug-likeness (QED) is 0.502. The summed E-state index contributed by atoms with van der Waals surface area (Å²) < 4.78 is 10.5. The first-order valence-corrected chi connectivity index (χ1v) is 9.21. The van der Waals surface area contributed by atoms with Gasteiger partial charge in [-0.05, 0) is 44.4 Å². The number of alkyl carbamates (subject to hydrolysis) is 1. The number of benzene rings is 1. The lowest BCUT2D eigenvalue weighted by molar-refractivity contribution is 0.0491. The highest BCUT2D eigenvalue weighted by molar-refractivity contribution is 5.79. The molecule has 0 spiro atoms. The minimum absolute atomic E-state index is 0.0839. The van der Waals surface area contributed by atoms with Crippen molar-refractivity contribution in [3.8, 4) is 5.75 Å². The molecule has 1 rings (SSSR count). The highest BCUT2D eigenvalue weighted by Crippen LogP contribution is 2.11. The van der Waals surface area contributed by atoms with Crippen LogP contribution in [0, 0.1) is 5.92 Å². The molecule has 1 aromatic rings. The maximum Gasteiger partial charge on any atom is 0.407 e. The van der Waals surface area contributed by atoms with E-state index >= 15 is 0 Å². The van der Waals surface area contributed by atoms with E-state index < -0.39 is 11.7 Å². The zero-order valence-electron chi connectivity index (χ0n) is 17.6. The minimum Gasteiger partial charge on any atom is -0.497 e. The van der Waals surface area contributed by atoms with Gasteiger partial charge in [-0.3, -0.25) is 4.99 Å². The number of methoxy groups -OCH3 is 1. The van der Waals surface area contributed by atoms with Crippen LogP contribution >= 0.6 is 0 Å². The zero-order chi connectivity index (χ0) is 20.4. The number of aliphatic imine (C=N–C) groups is 1. The maximum atomic E-state index is 12.0. The van der Waals surface area contributed by atoms with E-state index in [1.807, 2.05) is 45.0 Å². The summed E-state index contributed by atoms with van der Waals surface area (Å²) in [6.07, 6.45) is -0.413. The van der Waals surface area contributed by atoms with E-state index in [0.717, 1.165) is 11.3 Å². The average molecular weight is 379 g/mol. The number of nitrogens with one attached hydrogen (secondary N) is 3. The van der Waals surface area contributed by atoms with Crippen LogP contribution in [0.1, 0.15) is 40.2 Å². The van der Waals surface area contributed by atoms with E-state index in [-0.39, 0.29) is 12.0 Å². The molecule has 1 amide bonds. The Bertz CT molecular complexity index is 607. The first-order valence-electron chi connectivity index (χ1n) is 9.21. The van der Waals surface area contributed by atoms with E-state index in [2.05, 4.69) is 34.8 Å². The van der Waals surface area contributed by atoms with E-state index in [4.69, 9.17) is 9.47 Å². The molecule has 7 nitrogen and oxygen atoms in total. The topological polar surface area (TPSA) is 84.0 Å². The molecule has 7 heteroatoms. The molecule has 0 saturated heterocycles. The number of rotatable bonds is 7. The molecule has 0 radical (unpaired) electrons. The molecule has 0 aliphatic carbocycles. The molecule has 0 aliphatic heterocycles. The highest BCUT2D eigenvalue weighted by atomic mass is 16.6. The van der Waals surface area contributed by atoms with Gasteiger partial charge in [-0.2, -0.15) is 0 Å². The van der Waals surface area contributed by atoms with Gasteiger partial charge in [0.1, 0.15) is 11.4 Å². The van der Waals surface area contributed by atoms with Crippen LogP contribution in [0.25, 0.3) is 0 Å². The average Bonchev–Trinajstić information content (AvgIpc) is 2.59. The van der Waals surface area contributed by atoms with Gasteiger partial charge < -0.3 is 25.4 Å². The van der Waals surface area contributed by atoms with Crippen molar-refractivity contribution >= 4 is 12.1 Å². The molecule has 0 saturated carbocycles. The van der Waals surface area contributed by atoms with E-state index in [0.29, 0.717) is 19.0 Å². The largest absolute Gasteiger partial charge is 0.497 e. The number of carbonyl (C=O) groups is 1. The Balaban J connectivity index is 2.52. The summed E-state index contributed by atoms with van der Waals surface area (Å²) in [5, 5.41) is 9.44. The number of hydrogen-bond acceptors (Lipinski definition) is 4. The summed E-state index contributed by atoms with van der Waals surface area (Å²) in [6, 6.07) is 7.76. The summed E-state index contributed by atoms with van der Waals surface area (Å²) in [5.74, 6) is 1.74. The molecule has 1 aromatic carbocycles. The summed E-state index contributed by atoms with van der Waals surface area (Å²) >= 11 is 0. The van der Waals surface area contributed by atoms with Crippen LogP contribution < -0.4 is 20.7 Å². The fourth-order valence-corrected chi connectivity index (χ4v) is 2.27. The van der Waals surface area contributed by atoms with Gasteiger partial charge in [0.25, 0.3) is 0 Å². The molecule has 152 valence electrons. The second kappa shape index (κ2) is 10.6. The lowest BCUT2D eigenvalue weighted by atomic mass is 10.0. The zero-order valence-corrected chi connectivity index (χ0v) is 17.6. The molecule has 1 unspecified atom stereocenters. The fraction of sp³-hybridized carbons (Fsp3) is 0.600. The molecule has 0 bridgehead atoms. The van der Waals surface area contributed by atoms with Gasteiger partial charge in [-0.25, -0.2) is 4.79 Å². The van der Waals surface area contributed by atoms with Crippen LogP contribution in [0.4, 0.5) is 4.79 Å². The van der Waals surface area contributed by atoms with Crippen molar-refractivity contribution < 1.29 is 14.3 Å². The predicted molar refractivity (Wildman–Crippen MR) is 109 cm³/mol. The van der Waals surface area contributed by atoms with E-state index in [1.165, 1.54) is 0 Å². The second-order valence-electron chi connectivity index (χ2n) is 7.65. The number of nitrogens with zero attached hydrogens (tertiary/aromatic N) is 1. The SMILES string of the molecule is CN=C(NCc1ccc(OC)cc1)NCC(NC(=O)OC(C)(C)C)C(C)C. The van der Waals surface area contributed by atoms with Crippen molar-refractivity contribution in [3.63, 3.8) is 0 Å². The van der Waals surface area contributed by atoms with Crippen LogP contribution in [0.3, 0.4) is 0 Å². The number of carbonyl (C=O) groups excluding carboxylic acids is 1. The standard InChI is InChI=1S/C20H34N4O3/c1-14(2)17(24-19(25)27-20(3,4)5)13-23-18(21-6)22-12-15-8-10-16(26-7)11-9-15/h8-11,14,17H,12-13H2,1-7H3,(H,24,25)(H2,21,22,23). The van der Waals surface area contributed by atoms with Crippen molar-refractivity contribution in [3.05, 3.63) is 29.8 Å². The lowest BCUT2D eigenvalue weighted by Crippen LogP contribution is -2.50. The number of ether oxygens (including phenoxy) is 2. The molecular weight excluding hydrogens is 344 g/mol. The Morgan fingerprint density at radius 1 is 1.15 bits per heavy atom. The Kier molecular flexibility index (Phi) is 8.91. The van der Waals surface area contributed by atoms with E-state index in [1.54, 1.807) is 14.2 Å². The van der Waals surface area contributed by atoms with Crippen molar-refractivity contribution in [1.29, 1.82) is 0 Å².